The van der Waals surface area contributed by atoms with E-state index in [-0.39, 0.29) is 12.0 Å². The number of nitrogens with two attached hydrogens (primary N) is 1. The van der Waals surface area contributed by atoms with Gasteiger partial charge in [0.15, 0.2) is 0 Å². The van der Waals surface area contributed by atoms with Gasteiger partial charge in [-0.1, -0.05) is 23.7 Å². The molecule has 6 heteroatoms. The first-order chi connectivity index (χ1) is 15.5. The van der Waals surface area contributed by atoms with Crippen molar-refractivity contribution in [1.29, 1.82) is 0 Å². The third kappa shape index (κ3) is 3.26. The Morgan fingerprint density at radius 1 is 1.19 bits per heavy atom. The van der Waals surface area contributed by atoms with E-state index in [0.717, 1.165) is 40.0 Å². The topological polar surface area (TPSA) is 68.5 Å². The summed E-state index contributed by atoms with van der Waals surface area (Å²) < 4.78 is 5.82. The molecule has 1 aromatic heterocycles. The molecule has 1 aliphatic carbocycles. The molecule has 2 aliphatic heterocycles. The lowest BCUT2D eigenvalue weighted by molar-refractivity contribution is 0.0719. The van der Waals surface area contributed by atoms with Gasteiger partial charge < -0.3 is 15.4 Å². The van der Waals surface area contributed by atoms with Crippen LogP contribution < -0.4 is 5.73 Å². The van der Waals surface area contributed by atoms with Crippen LogP contribution in [0.2, 0.25) is 5.02 Å². The SMILES string of the molecule is C[C@H]1OCc2c1c(N)nc1ccc(C(=O)N3C[C@H](c4ccc(Cl)cc4)C[C@H]3C3CC3)cc21. The van der Waals surface area contributed by atoms with Crippen molar-refractivity contribution in [3.8, 4) is 0 Å². The fraction of sp³-hybridized carbons (Fsp3) is 0.385. The number of hydrogen-bond acceptors (Lipinski definition) is 4. The Bertz CT molecular complexity index is 1220. The number of carbonyl (C=O) groups excluding carboxylic acids is 1. The normalized spacial score (nSPS) is 24.8. The molecule has 6 rings (SSSR count). The first-order valence-electron chi connectivity index (χ1n) is 11.4. The molecule has 0 radical (unpaired) electrons. The lowest BCUT2D eigenvalue weighted by Gasteiger charge is -2.25. The Balaban J connectivity index is 1.34. The van der Waals surface area contributed by atoms with Gasteiger partial charge >= 0.3 is 0 Å². The van der Waals surface area contributed by atoms with Gasteiger partial charge in [-0.15, -0.1) is 0 Å². The zero-order chi connectivity index (χ0) is 22.0. The molecule has 1 saturated heterocycles. The van der Waals surface area contributed by atoms with Gasteiger partial charge in [-0.25, -0.2) is 4.98 Å². The molecular weight excluding hydrogens is 422 g/mol. The highest BCUT2D eigenvalue weighted by Gasteiger charge is 2.44. The molecule has 0 unspecified atom stereocenters. The lowest BCUT2D eigenvalue weighted by atomic mass is 9.95. The Labute approximate surface area is 192 Å². The van der Waals surface area contributed by atoms with Gasteiger partial charge in [0.1, 0.15) is 5.82 Å². The molecule has 0 spiro atoms. The number of pyridine rings is 1. The predicted octanol–water partition coefficient (Wildman–Crippen LogP) is 5.47. The average molecular weight is 448 g/mol. The lowest BCUT2D eigenvalue weighted by Crippen LogP contribution is -2.37. The van der Waals surface area contributed by atoms with Gasteiger partial charge in [-0.3, -0.25) is 4.79 Å². The first kappa shape index (κ1) is 20.0. The fourth-order valence-electron chi connectivity index (χ4n) is 5.57. The van der Waals surface area contributed by atoms with Gasteiger partial charge in [-0.05, 0) is 73.6 Å². The summed E-state index contributed by atoms with van der Waals surface area (Å²) in [4.78, 5) is 20.4. The maximum absolute atomic E-state index is 13.7. The average Bonchev–Trinajstić information content (AvgIpc) is 3.42. The van der Waals surface area contributed by atoms with Crippen molar-refractivity contribution >= 4 is 34.2 Å². The Kier molecular flexibility index (Phi) is 4.67. The monoisotopic (exact) mass is 447 g/mol. The van der Waals surface area contributed by atoms with Crippen LogP contribution in [-0.4, -0.2) is 28.4 Å². The van der Waals surface area contributed by atoms with Gasteiger partial charge in [0.05, 0.1) is 18.2 Å². The Hall–Kier alpha value is -2.63. The van der Waals surface area contributed by atoms with E-state index in [1.807, 2.05) is 37.3 Å². The van der Waals surface area contributed by atoms with Crippen LogP contribution in [0.5, 0.6) is 0 Å². The van der Waals surface area contributed by atoms with Crippen LogP contribution in [0.15, 0.2) is 42.5 Å². The number of rotatable bonds is 3. The second-order valence-corrected chi connectivity index (χ2v) is 9.86. The first-order valence-corrected chi connectivity index (χ1v) is 11.8. The highest BCUT2D eigenvalue weighted by atomic mass is 35.5. The van der Waals surface area contributed by atoms with Crippen molar-refractivity contribution in [2.45, 2.75) is 50.9 Å². The highest BCUT2D eigenvalue weighted by Crippen LogP contribution is 2.45. The summed E-state index contributed by atoms with van der Waals surface area (Å²) in [6.07, 6.45) is 3.38. The molecule has 1 saturated carbocycles. The van der Waals surface area contributed by atoms with Gasteiger partial charge in [-0.2, -0.15) is 0 Å². The molecule has 2 aromatic carbocycles. The summed E-state index contributed by atoms with van der Waals surface area (Å²) in [7, 11) is 0. The third-order valence-corrected chi connectivity index (χ3v) is 7.66. The number of nitrogen functional groups attached to an aromatic ring is 1. The second kappa shape index (κ2) is 7.46. The molecule has 0 bridgehead atoms. The highest BCUT2D eigenvalue weighted by molar-refractivity contribution is 6.30. The van der Waals surface area contributed by atoms with Crippen LogP contribution in [0.3, 0.4) is 0 Å². The van der Waals surface area contributed by atoms with Crippen LogP contribution in [0.25, 0.3) is 10.9 Å². The summed E-state index contributed by atoms with van der Waals surface area (Å²) in [5, 5.41) is 1.72. The molecule has 2 N–H and O–H groups in total. The number of aromatic nitrogens is 1. The van der Waals surface area contributed by atoms with Crippen LogP contribution in [0.4, 0.5) is 5.82 Å². The molecule has 2 fully saturated rings. The maximum Gasteiger partial charge on any atom is 0.254 e. The van der Waals surface area contributed by atoms with E-state index in [1.54, 1.807) is 0 Å². The number of hydrogen-bond donors (Lipinski definition) is 1. The van der Waals surface area contributed by atoms with Crippen molar-refractivity contribution in [2.24, 2.45) is 5.92 Å². The minimum atomic E-state index is -0.0702. The summed E-state index contributed by atoms with van der Waals surface area (Å²) in [5.41, 5.74) is 11.0. The van der Waals surface area contributed by atoms with E-state index in [2.05, 4.69) is 22.0 Å². The molecule has 3 aromatic rings. The van der Waals surface area contributed by atoms with E-state index in [1.165, 1.54) is 18.4 Å². The van der Waals surface area contributed by atoms with E-state index >= 15 is 0 Å². The van der Waals surface area contributed by atoms with Crippen molar-refractivity contribution in [3.05, 3.63) is 69.7 Å². The van der Waals surface area contributed by atoms with E-state index in [4.69, 9.17) is 22.1 Å². The Morgan fingerprint density at radius 2 is 1.97 bits per heavy atom. The molecular formula is C26H26ClN3O2. The predicted molar refractivity (Wildman–Crippen MR) is 126 cm³/mol. The standard InChI is InChI=1S/C26H26ClN3O2/c1-14-24-21(13-32-14)20-10-17(6-9-22(20)29-25(24)28)26(31)30-12-18(11-23(30)16-2-3-16)15-4-7-19(27)8-5-15/h4-10,14,16,18,23H,2-3,11-13H2,1H3,(H2,28,29)/t14-,18-,23+/m1/s1. The van der Waals surface area contributed by atoms with Crippen molar-refractivity contribution in [2.75, 3.05) is 12.3 Å². The molecule has 3 aliphatic rings. The molecule has 3 atom stereocenters. The second-order valence-electron chi connectivity index (χ2n) is 9.42. The van der Waals surface area contributed by atoms with Gasteiger partial charge in [0, 0.05) is 40.0 Å². The van der Waals surface area contributed by atoms with Crippen LogP contribution >= 0.6 is 11.6 Å². The van der Waals surface area contributed by atoms with E-state index in [0.29, 0.717) is 35.9 Å². The summed E-state index contributed by atoms with van der Waals surface area (Å²) in [6, 6.07) is 14.2. The number of benzene rings is 2. The fourth-order valence-corrected chi connectivity index (χ4v) is 5.69. The van der Waals surface area contributed by atoms with Crippen molar-refractivity contribution in [1.82, 2.24) is 9.88 Å². The minimum absolute atomic E-state index is 0.0702. The third-order valence-electron chi connectivity index (χ3n) is 7.41. The molecule has 3 heterocycles. The number of amides is 1. The zero-order valence-electron chi connectivity index (χ0n) is 18.1. The quantitative estimate of drug-likeness (QED) is 0.578. The Morgan fingerprint density at radius 3 is 2.72 bits per heavy atom. The maximum atomic E-state index is 13.7. The number of ether oxygens (including phenoxy) is 1. The summed E-state index contributed by atoms with van der Waals surface area (Å²) in [6.45, 7) is 3.24. The molecule has 5 nitrogen and oxygen atoms in total. The minimum Gasteiger partial charge on any atom is -0.383 e. The van der Waals surface area contributed by atoms with Crippen LogP contribution in [-0.2, 0) is 11.3 Å². The van der Waals surface area contributed by atoms with Gasteiger partial charge in [0.2, 0.25) is 0 Å². The van der Waals surface area contributed by atoms with Crippen LogP contribution in [0.1, 0.15) is 65.3 Å². The number of likely N-dealkylation sites (tertiary alicyclic amines) is 1. The largest absolute Gasteiger partial charge is 0.383 e. The summed E-state index contributed by atoms with van der Waals surface area (Å²) >= 11 is 6.09. The van der Waals surface area contributed by atoms with Crippen molar-refractivity contribution in [3.63, 3.8) is 0 Å². The number of nitrogens with zero attached hydrogens (tertiary/aromatic N) is 2. The number of fused-ring (bicyclic) bond motifs is 3. The van der Waals surface area contributed by atoms with E-state index < -0.39 is 0 Å². The van der Waals surface area contributed by atoms with Crippen LogP contribution in [0, 0.1) is 5.92 Å². The molecule has 1 amide bonds. The van der Waals surface area contributed by atoms with Gasteiger partial charge in [0.25, 0.3) is 5.91 Å². The zero-order valence-corrected chi connectivity index (χ0v) is 18.8. The number of anilines is 1. The van der Waals surface area contributed by atoms with Crippen molar-refractivity contribution < 1.29 is 9.53 Å². The molecule has 32 heavy (non-hydrogen) atoms. The van der Waals surface area contributed by atoms with E-state index in [9.17, 15) is 4.79 Å². The smallest absolute Gasteiger partial charge is 0.254 e. The number of halogens is 1. The summed E-state index contributed by atoms with van der Waals surface area (Å²) in [5.74, 6) is 1.60. The number of carbonyl (C=O) groups is 1. The molecule has 164 valence electrons.